The maximum atomic E-state index is 9.22. The van der Waals surface area contributed by atoms with Crippen molar-refractivity contribution in [2.45, 2.75) is 32.3 Å². The minimum absolute atomic E-state index is 0.225. The Bertz CT molecular complexity index is 411. The Morgan fingerprint density at radius 3 is 2.61 bits per heavy atom. The van der Waals surface area contributed by atoms with Gasteiger partial charge in [-0.25, -0.2) is 4.98 Å². The van der Waals surface area contributed by atoms with Gasteiger partial charge in [0.2, 0.25) is 0 Å². The summed E-state index contributed by atoms with van der Waals surface area (Å²) in [4.78, 5) is 5.23. The predicted octanol–water partition coefficient (Wildman–Crippen LogP) is 2.50. The number of nitrogens with zero attached hydrogens (tertiary/aromatic N) is 1. The van der Waals surface area contributed by atoms with Gasteiger partial charge in [0.25, 0.3) is 0 Å². The van der Waals surface area contributed by atoms with Crippen LogP contribution >= 0.6 is 22.9 Å². The molecular formula is C13H18ClNO2S. The van der Waals surface area contributed by atoms with Crippen LogP contribution in [-0.2, 0) is 6.42 Å². The second-order valence-electron chi connectivity index (χ2n) is 3.55. The van der Waals surface area contributed by atoms with Gasteiger partial charge in [0, 0.05) is 23.4 Å². The van der Waals surface area contributed by atoms with Gasteiger partial charge in [0.05, 0.1) is 11.2 Å². The first-order valence-corrected chi connectivity index (χ1v) is 6.82. The number of aliphatic hydroxyl groups excluding tert-OH is 1. The van der Waals surface area contributed by atoms with Crippen LogP contribution in [0.5, 0.6) is 0 Å². The molecule has 100 valence electrons. The fourth-order valence-corrected chi connectivity index (χ4v) is 2.02. The number of hydrogen-bond acceptors (Lipinski definition) is 4. The smallest absolute Gasteiger partial charge is 0.144 e. The molecule has 0 aliphatic rings. The van der Waals surface area contributed by atoms with Crippen LogP contribution in [0.1, 0.15) is 23.9 Å². The van der Waals surface area contributed by atoms with E-state index in [1.807, 2.05) is 6.92 Å². The molecule has 5 heteroatoms. The fraction of sp³-hybridized carbons (Fsp3) is 0.462. The van der Waals surface area contributed by atoms with E-state index in [9.17, 15) is 5.11 Å². The summed E-state index contributed by atoms with van der Waals surface area (Å²) in [5.41, 5.74) is 2.93. The Morgan fingerprint density at radius 2 is 2.33 bits per heavy atom. The molecule has 0 aliphatic heterocycles. The summed E-state index contributed by atoms with van der Waals surface area (Å²) in [6, 6.07) is 0. The number of hydrogen-bond donors (Lipinski definition) is 2. The van der Waals surface area contributed by atoms with Gasteiger partial charge in [-0.3, -0.25) is 0 Å². The number of halogens is 1. The zero-order valence-electron chi connectivity index (χ0n) is 10.6. The topological polar surface area (TPSA) is 53.4 Å². The molecule has 1 unspecified atom stereocenters. The Hall–Kier alpha value is -0.860. The molecule has 0 amide bonds. The SMILES string of the molecule is C#CC(O)(C=CCl)CC.Cc1ncsc1CCO. The van der Waals surface area contributed by atoms with Crippen molar-refractivity contribution in [3.05, 3.63) is 27.7 Å². The van der Waals surface area contributed by atoms with Crippen molar-refractivity contribution in [2.75, 3.05) is 6.61 Å². The molecule has 18 heavy (non-hydrogen) atoms. The van der Waals surface area contributed by atoms with Gasteiger partial charge in [-0.15, -0.1) is 17.8 Å². The molecule has 0 saturated heterocycles. The molecule has 1 atom stereocenters. The summed E-state index contributed by atoms with van der Waals surface area (Å²) in [7, 11) is 0. The van der Waals surface area contributed by atoms with Crippen molar-refractivity contribution in [1.29, 1.82) is 0 Å². The van der Waals surface area contributed by atoms with Gasteiger partial charge in [-0.2, -0.15) is 0 Å². The summed E-state index contributed by atoms with van der Waals surface area (Å²) in [6.45, 7) is 3.97. The average Bonchev–Trinajstić information content (AvgIpc) is 2.77. The molecule has 1 aromatic rings. The minimum atomic E-state index is -1.15. The molecule has 0 spiro atoms. The zero-order valence-corrected chi connectivity index (χ0v) is 12.1. The average molecular weight is 288 g/mol. The molecule has 0 fully saturated rings. The lowest BCUT2D eigenvalue weighted by Crippen LogP contribution is -2.20. The Balaban J connectivity index is 0.000000321. The Morgan fingerprint density at radius 1 is 1.67 bits per heavy atom. The number of aliphatic hydroxyl groups is 2. The third kappa shape index (κ3) is 6.18. The van der Waals surface area contributed by atoms with Gasteiger partial charge >= 0.3 is 0 Å². The third-order valence-corrected chi connectivity index (χ3v) is 3.43. The molecule has 1 rings (SSSR count). The molecule has 1 aromatic heterocycles. The normalized spacial score (nSPS) is 13.6. The number of aryl methyl sites for hydroxylation is 1. The molecular weight excluding hydrogens is 270 g/mol. The summed E-state index contributed by atoms with van der Waals surface area (Å²) < 4.78 is 0. The van der Waals surface area contributed by atoms with Crippen LogP contribution in [-0.4, -0.2) is 27.4 Å². The molecule has 2 N–H and O–H groups in total. The molecule has 0 aliphatic carbocycles. The van der Waals surface area contributed by atoms with E-state index in [2.05, 4.69) is 10.9 Å². The van der Waals surface area contributed by atoms with E-state index in [0.29, 0.717) is 6.42 Å². The monoisotopic (exact) mass is 287 g/mol. The van der Waals surface area contributed by atoms with E-state index >= 15 is 0 Å². The fourth-order valence-electron chi connectivity index (χ4n) is 1.04. The molecule has 0 aromatic carbocycles. The van der Waals surface area contributed by atoms with Crippen LogP contribution in [0.2, 0.25) is 0 Å². The van der Waals surface area contributed by atoms with Gasteiger partial charge in [-0.05, 0) is 19.4 Å². The first-order valence-electron chi connectivity index (χ1n) is 5.50. The second kappa shape index (κ2) is 9.12. The summed E-state index contributed by atoms with van der Waals surface area (Å²) in [6.07, 6.45) is 7.60. The van der Waals surface area contributed by atoms with Crippen LogP contribution in [0.25, 0.3) is 0 Å². The zero-order chi connectivity index (χ0) is 14.0. The number of terminal acetylenes is 1. The lowest BCUT2D eigenvalue weighted by molar-refractivity contribution is 0.149. The maximum Gasteiger partial charge on any atom is 0.144 e. The summed E-state index contributed by atoms with van der Waals surface area (Å²) >= 11 is 6.81. The van der Waals surface area contributed by atoms with Crippen molar-refractivity contribution in [1.82, 2.24) is 4.98 Å². The Labute approximate surface area is 117 Å². The Kier molecular flexibility index (Phi) is 8.69. The first-order chi connectivity index (χ1) is 8.52. The van der Waals surface area contributed by atoms with Crippen LogP contribution < -0.4 is 0 Å². The highest BCUT2D eigenvalue weighted by Crippen LogP contribution is 2.11. The molecule has 1 heterocycles. The van der Waals surface area contributed by atoms with Crippen molar-refractivity contribution >= 4 is 22.9 Å². The van der Waals surface area contributed by atoms with Crippen LogP contribution in [0, 0.1) is 19.3 Å². The van der Waals surface area contributed by atoms with E-state index in [4.69, 9.17) is 23.1 Å². The molecule has 0 radical (unpaired) electrons. The quantitative estimate of drug-likeness (QED) is 0.837. The standard InChI is InChI=1S/C7H9ClO.C6H9NOS/c1-3-7(9,4-2)5-6-8;1-5-6(2-3-8)9-4-7-5/h1,5-6,9H,4H2,2H3;4,8H,2-3H2,1H3. The van der Waals surface area contributed by atoms with E-state index in [-0.39, 0.29) is 6.61 Å². The number of thiazole rings is 1. The van der Waals surface area contributed by atoms with Gasteiger partial charge in [0.15, 0.2) is 0 Å². The third-order valence-electron chi connectivity index (χ3n) is 2.31. The minimum Gasteiger partial charge on any atom is -0.396 e. The molecule has 3 nitrogen and oxygen atoms in total. The maximum absolute atomic E-state index is 9.22. The van der Waals surface area contributed by atoms with E-state index < -0.39 is 5.60 Å². The van der Waals surface area contributed by atoms with Crippen molar-refractivity contribution < 1.29 is 10.2 Å². The van der Waals surface area contributed by atoms with Crippen LogP contribution in [0.3, 0.4) is 0 Å². The van der Waals surface area contributed by atoms with E-state index in [1.54, 1.807) is 23.8 Å². The second-order valence-corrected chi connectivity index (χ2v) is 4.74. The largest absolute Gasteiger partial charge is 0.396 e. The summed E-state index contributed by atoms with van der Waals surface area (Å²) in [5.74, 6) is 2.21. The molecule has 0 saturated carbocycles. The van der Waals surface area contributed by atoms with Crippen LogP contribution in [0.15, 0.2) is 17.1 Å². The van der Waals surface area contributed by atoms with Gasteiger partial charge < -0.3 is 10.2 Å². The van der Waals surface area contributed by atoms with Crippen molar-refractivity contribution in [3.63, 3.8) is 0 Å². The molecule has 0 bridgehead atoms. The van der Waals surface area contributed by atoms with Gasteiger partial charge in [0.1, 0.15) is 5.60 Å². The highest BCUT2D eigenvalue weighted by molar-refractivity contribution is 7.09. The number of aromatic nitrogens is 1. The number of rotatable bonds is 4. The van der Waals surface area contributed by atoms with Gasteiger partial charge in [-0.1, -0.05) is 24.4 Å². The van der Waals surface area contributed by atoms with Crippen molar-refractivity contribution in [3.8, 4) is 12.3 Å². The lowest BCUT2D eigenvalue weighted by Gasteiger charge is -2.12. The van der Waals surface area contributed by atoms with Crippen LogP contribution in [0.4, 0.5) is 0 Å². The van der Waals surface area contributed by atoms with Crippen molar-refractivity contribution in [2.24, 2.45) is 0 Å². The van der Waals surface area contributed by atoms with E-state index in [0.717, 1.165) is 12.1 Å². The highest BCUT2D eigenvalue weighted by Gasteiger charge is 2.15. The summed E-state index contributed by atoms with van der Waals surface area (Å²) in [5, 5.41) is 17.8. The van der Waals surface area contributed by atoms with E-state index in [1.165, 1.54) is 16.5 Å². The highest BCUT2D eigenvalue weighted by atomic mass is 35.5. The lowest BCUT2D eigenvalue weighted by atomic mass is 10.0. The predicted molar refractivity (Wildman–Crippen MR) is 76.7 cm³/mol. The first kappa shape index (κ1) is 17.1.